The molecule has 1 aliphatic heterocycles. The van der Waals surface area contributed by atoms with Crippen molar-refractivity contribution in [1.29, 1.82) is 0 Å². The van der Waals surface area contributed by atoms with Crippen molar-refractivity contribution in [1.82, 2.24) is 4.98 Å². The third kappa shape index (κ3) is 4.13. The van der Waals surface area contributed by atoms with Crippen LogP contribution in [-0.2, 0) is 9.84 Å². The van der Waals surface area contributed by atoms with E-state index in [0.717, 1.165) is 10.8 Å². The summed E-state index contributed by atoms with van der Waals surface area (Å²) in [4.78, 5) is 7.46. The van der Waals surface area contributed by atoms with Gasteiger partial charge in [0.15, 0.2) is 15.0 Å². The highest BCUT2D eigenvalue weighted by Crippen LogP contribution is 2.34. The number of halogens is 1. The van der Waals surface area contributed by atoms with Crippen LogP contribution in [-0.4, -0.2) is 31.7 Å². The van der Waals surface area contributed by atoms with Crippen LogP contribution in [0, 0.1) is 13.8 Å². The fourth-order valence-electron chi connectivity index (χ4n) is 3.76. The van der Waals surface area contributed by atoms with E-state index in [-0.39, 0.29) is 5.25 Å². The molecule has 0 aliphatic carbocycles. The zero-order valence-electron chi connectivity index (χ0n) is 16.4. The zero-order chi connectivity index (χ0) is 20.6. The third-order valence-corrected chi connectivity index (χ3v) is 9.63. The summed E-state index contributed by atoms with van der Waals surface area (Å²) in [5, 5.41) is 2.72. The second kappa shape index (κ2) is 8.20. The van der Waals surface area contributed by atoms with Gasteiger partial charge in [-0.25, -0.2) is 13.4 Å². The summed E-state index contributed by atoms with van der Waals surface area (Å²) in [6, 6.07) is 13.5. The smallest absolute Gasteiger partial charge is 0.185 e. The van der Waals surface area contributed by atoms with Crippen molar-refractivity contribution in [3.63, 3.8) is 0 Å². The molecule has 0 radical (unpaired) electrons. The lowest BCUT2D eigenvalue weighted by Crippen LogP contribution is -2.39. The third-order valence-electron chi connectivity index (χ3n) is 5.46. The molecule has 3 aromatic rings. The van der Waals surface area contributed by atoms with Gasteiger partial charge in [0, 0.05) is 28.5 Å². The van der Waals surface area contributed by atoms with Crippen LogP contribution in [0.4, 0.5) is 5.13 Å². The van der Waals surface area contributed by atoms with Gasteiger partial charge in [0.25, 0.3) is 0 Å². The first kappa shape index (κ1) is 20.6. The van der Waals surface area contributed by atoms with E-state index in [4.69, 9.17) is 4.98 Å². The number of piperidine rings is 1. The molecular formula is C22H23BrN2O2S2. The average Bonchev–Trinajstić information content (AvgIpc) is 3.20. The Labute approximate surface area is 184 Å². The van der Waals surface area contributed by atoms with E-state index >= 15 is 0 Å². The van der Waals surface area contributed by atoms with Crippen LogP contribution < -0.4 is 4.90 Å². The first-order valence-corrected chi connectivity index (χ1v) is 12.8. The second-order valence-electron chi connectivity index (χ2n) is 7.50. The topological polar surface area (TPSA) is 50.3 Å². The molecule has 0 spiro atoms. The molecule has 2 aromatic carbocycles. The molecule has 4 nitrogen and oxygen atoms in total. The molecule has 29 heavy (non-hydrogen) atoms. The Morgan fingerprint density at radius 1 is 1.10 bits per heavy atom. The van der Waals surface area contributed by atoms with Gasteiger partial charge in [0.1, 0.15) is 0 Å². The SMILES string of the molecule is Cc1ccc(C)c(-c2csc(N3CCC(S(=O)(=O)c4ccccc4Br)CC3)n2)c1. The summed E-state index contributed by atoms with van der Waals surface area (Å²) in [5.74, 6) is 0. The maximum atomic E-state index is 13.0. The highest BCUT2D eigenvalue weighted by Gasteiger charge is 2.33. The number of rotatable bonds is 4. The lowest BCUT2D eigenvalue weighted by atomic mass is 10.0. The van der Waals surface area contributed by atoms with Crippen LogP contribution in [0.25, 0.3) is 11.3 Å². The quantitative estimate of drug-likeness (QED) is 0.475. The van der Waals surface area contributed by atoms with Crippen molar-refractivity contribution in [2.24, 2.45) is 0 Å². The normalized spacial score (nSPS) is 15.6. The van der Waals surface area contributed by atoms with Crippen molar-refractivity contribution in [3.8, 4) is 11.3 Å². The Kier molecular flexibility index (Phi) is 5.82. The van der Waals surface area contributed by atoms with E-state index in [2.05, 4.69) is 58.3 Å². The first-order chi connectivity index (χ1) is 13.9. The number of hydrogen-bond acceptors (Lipinski definition) is 5. The fourth-order valence-corrected chi connectivity index (χ4v) is 7.40. The maximum absolute atomic E-state index is 13.0. The van der Waals surface area contributed by atoms with Gasteiger partial charge in [-0.2, -0.15) is 0 Å². The van der Waals surface area contributed by atoms with E-state index < -0.39 is 9.84 Å². The summed E-state index contributed by atoms with van der Waals surface area (Å²) in [7, 11) is -3.34. The molecule has 0 saturated carbocycles. The number of sulfone groups is 1. The molecule has 1 saturated heterocycles. The second-order valence-corrected chi connectivity index (χ2v) is 11.4. The summed E-state index contributed by atoms with van der Waals surface area (Å²) < 4.78 is 26.7. The van der Waals surface area contributed by atoms with Gasteiger partial charge in [0.2, 0.25) is 0 Å². The van der Waals surface area contributed by atoms with Gasteiger partial charge in [-0.3, -0.25) is 0 Å². The maximum Gasteiger partial charge on any atom is 0.185 e. The van der Waals surface area contributed by atoms with Gasteiger partial charge in [-0.1, -0.05) is 29.8 Å². The summed E-state index contributed by atoms with van der Waals surface area (Å²) >= 11 is 5.02. The number of aromatic nitrogens is 1. The lowest BCUT2D eigenvalue weighted by molar-refractivity contribution is 0.529. The Hall–Kier alpha value is -1.70. The van der Waals surface area contributed by atoms with Crippen molar-refractivity contribution in [2.45, 2.75) is 36.8 Å². The summed E-state index contributed by atoms with van der Waals surface area (Å²) in [6.45, 7) is 5.60. The molecule has 1 aromatic heterocycles. The molecule has 1 aliphatic rings. The highest BCUT2D eigenvalue weighted by molar-refractivity contribution is 9.10. The molecular weight excluding hydrogens is 468 g/mol. The molecule has 0 bridgehead atoms. The molecule has 152 valence electrons. The molecule has 0 amide bonds. The Morgan fingerprint density at radius 2 is 1.83 bits per heavy atom. The summed E-state index contributed by atoms with van der Waals surface area (Å²) in [6.07, 6.45) is 1.23. The highest BCUT2D eigenvalue weighted by atomic mass is 79.9. The molecule has 2 heterocycles. The van der Waals surface area contributed by atoms with E-state index in [1.165, 1.54) is 16.7 Å². The summed E-state index contributed by atoms with van der Waals surface area (Å²) in [5.41, 5.74) is 4.59. The van der Waals surface area contributed by atoms with Crippen LogP contribution in [0.2, 0.25) is 0 Å². The van der Waals surface area contributed by atoms with Crippen LogP contribution >= 0.6 is 27.3 Å². The average molecular weight is 491 g/mol. The molecule has 4 rings (SSSR count). The molecule has 1 fully saturated rings. The monoisotopic (exact) mass is 490 g/mol. The van der Waals surface area contributed by atoms with Crippen molar-refractivity contribution in [2.75, 3.05) is 18.0 Å². The largest absolute Gasteiger partial charge is 0.348 e. The predicted octanol–water partition coefficient (Wildman–Crippen LogP) is 5.63. The number of anilines is 1. The Bertz CT molecular complexity index is 1130. The van der Waals surface area contributed by atoms with E-state index in [1.54, 1.807) is 29.5 Å². The number of nitrogens with zero attached hydrogens (tertiary/aromatic N) is 2. The lowest BCUT2D eigenvalue weighted by Gasteiger charge is -2.31. The van der Waals surface area contributed by atoms with Gasteiger partial charge >= 0.3 is 0 Å². The van der Waals surface area contributed by atoms with Crippen molar-refractivity contribution in [3.05, 3.63) is 63.4 Å². The minimum atomic E-state index is -3.34. The van der Waals surface area contributed by atoms with Crippen LogP contribution in [0.3, 0.4) is 0 Å². The minimum absolute atomic E-state index is 0.351. The standard InChI is InChI=1S/C22H23BrN2O2S2/c1-15-7-8-16(2)18(13-15)20-14-28-22(24-20)25-11-9-17(10-12-25)29(26,27)21-6-4-3-5-19(21)23/h3-8,13-14,17H,9-12H2,1-2H3. The predicted molar refractivity (Wildman–Crippen MR) is 124 cm³/mol. The van der Waals surface area contributed by atoms with Crippen LogP contribution in [0.15, 0.2) is 57.2 Å². The number of thiazole rings is 1. The van der Waals surface area contributed by atoms with Crippen molar-refractivity contribution >= 4 is 42.2 Å². The van der Waals surface area contributed by atoms with Crippen molar-refractivity contribution < 1.29 is 8.42 Å². The molecule has 0 atom stereocenters. The fraction of sp³-hybridized carbons (Fsp3) is 0.318. The Morgan fingerprint density at radius 3 is 2.55 bits per heavy atom. The first-order valence-electron chi connectivity index (χ1n) is 9.63. The molecule has 0 unspecified atom stereocenters. The van der Waals surface area contributed by atoms with Gasteiger partial charge in [0.05, 0.1) is 15.8 Å². The number of benzene rings is 2. The minimum Gasteiger partial charge on any atom is -0.348 e. The number of hydrogen-bond donors (Lipinski definition) is 0. The van der Waals surface area contributed by atoms with E-state index in [1.807, 2.05) is 6.07 Å². The zero-order valence-corrected chi connectivity index (χ0v) is 19.6. The molecule has 0 N–H and O–H groups in total. The van der Waals surface area contributed by atoms with Crippen LogP contribution in [0.5, 0.6) is 0 Å². The van der Waals surface area contributed by atoms with Gasteiger partial charge in [-0.15, -0.1) is 11.3 Å². The van der Waals surface area contributed by atoms with Crippen LogP contribution in [0.1, 0.15) is 24.0 Å². The number of aryl methyl sites for hydroxylation is 2. The van der Waals surface area contributed by atoms with Gasteiger partial charge < -0.3 is 4.90 Å². The van der Waals surface area contributed by atoms with Gasteiger partial charge in [-0.05, 0) is 66.4 Å². The van der Waals surface area contributed by atoms with E-state index in [0.29, 0.717) is 35.3 Å². The molecule has 7 heteroatoms. The van der Waals surface area contributed by atoms with E-state index in [9.17, 15) is 8.42 Å². The Balaban J connectivity index is 1.49.